The van der Waals surface area contributed by atoms with E-state index < -0.39 is 0 Å². The fourth-order valence-electron chi connectivity index (χ4n) is 6.97. The average molecular weight is 602 g/mol. The molecule has 45 heavy (non-hydrogen) atoms. The third-order valence-electron chi connectivity index (χ3n) is 9.71. The molecule has 0 saturated heterocycles. The Balaban J connectivity index is 1.70. The Morgan fingerprint density at radius 1 is 0.578 bits per heavy atom. The monoisotopic (exact) mass is 601 g/mol. The van der Waals surface area contributed by atoms with Gasteiger partial charge < -0.3 is 9.80 Å². The third kappa shape index (κ3) is 7.17. The third-order valence-corrected chi connectivity index (χ3v) is 9.71. The first kappa shape index (κ1) is 32.5. The van der Waals surface area contributed by atoms with Gasteiger partial charge in [0.05, 0.1) is 6.54 Å². The first-order valence-electron chi connectivity index (χ1n) is 17.3. The number of para-hydroxylation sites is 1. The summed E-state index contributed by atoms with van der Waals surface area (Å²) in [6.45, 7) is 21.7. The minimum Gasteiger partial charge on any atom is -0.372 e. The van der Waals surface area contributed by atoms with Gasteiger partial charge in [0.25, 0.3) is 0 Å². The van der Waals surface area contributed by atoms with Crippen molar-refractivity contribution >= 4 is 22.6 Å². The molecule has 1 aliphatic rings. The van der Waals surface area contributed by atoms with Crippen LogP contribution in [0.2, 0.25) is 0 Å². The molecule has 0 radical (unpaired) electrons. The minimum atomic E-state index is 0.987. The predicted octanol–water partition coefficient (Wildman–Crippen LogP) is 6.89. The standard InChI is InChI=1S/C41H53N4/c1-7-42(8-2)29-30-45-39-16-14-13-15-32(39)17-18-35-31-36(23-28-40(35)45)41(33-19-24-37(25-20-33)43(9-3)10-4)34-21-26-38(27-22-34)44(11-5)12-6/h13-16,19-28,31H,7-12,17-18,29-30H2,1-6H3/q+1. The number of hydrogen-bond donors (Lipinski definition) is 0. The molecule has 0 aliphatic carbocycles. The van der Waals surface area contributed by atoms with Gasteiger partial charge in [0.15, 0.2) is 6.54 Å². The van der Waals surface area contributed by atoms with Crippen molar-refractivity contribution in [1.29, 1.82) is 0 Å². The molecule has 0 bridgehead atoms. The highest BCUT2D eigenvalue weighted by atomic mass is 15.1. The quantitative estimate of drug-likeness (QED) is 0.155. The van der Waals surface area contributed by atoms with Crippen LogP contribution in [-0.2, 0) is 12.8 Å². The summed E-state index contributed by atoms with van der Waals surface area (Å²) in [5, 5.41) is 2.64. The predicted molar refractivity (Wildman–Crippen MR) is 195 cm³/mol. The summed E-state index contributed by atoms with van der Waals surface area (Å²) in [6, 6.07) is 34.7. The lowest BCUT2D eigenvalue weighted by atomic mass is 9.93. The second-order valence-electron chi connectivity index (χ2n) is 12.0. The second kappa shape index (κ2) is 15.4. The molecule has 0 N–H and O–H groups in total. The zero-order valence-electron chi connectivity index (χ0n) is 28.5. The van der Waals surface area contributed by atoms with E-state index in [2.05, 4.69) is 152 Å². The van der Waals surface area contributed by atoms with E-state index in [1.807, 2.05) is 0 Å². The summed E-state index contributed by atoms with van der Waals surface area (Å²) >= 11 is 0. The lowest BCUT2D eigenvalue weighted by Crippen LogP contribution is -2.36. The van der Waals surface area contributed by atoms with Gasteiger partial charge in [-0.05, 0) is 112 Å². The average Bonchev–Trinajstić information content (AvgIpc) is 3.24. The van der Waals surface area contributed by atoms with Crippen LogP contribution in [0.1, 0.15) is 63.8 Å². The van der Waals surface area contributed by atoms with Crippen molar-refractivity contribution in [3.8, 4) is 0 Å². The van der Waals surface area contributed by atoms with Crippen molar-refractivity contribution < 1.29 is 0 Å². The summed E-state index contributed by atoms with van der Waals surface area (Å²) in [5.41, 5.74) is 10.6. The molecule has 236 valence electrons. The highest BCUT2D eigenvalue weighted by Crippen LogP contribution is 2.27. The van der Waals surface area contributed by atoms with Crippen molar-refractivity contribution in [3.05, 3.63) is 124 Å². The van der Waals surface area contributed by atoms with E-state index in [0.29, 0.717) is 0 Å². The van der Waals surface area contributed by atoms with E-state index in [1.165, 1.54) is 55.5 Å². The first-order valence-corrected chi connectivity index (χ1v) is 17.3. The van der Waals surface area contributed by atoms with E-state index in [4.69, 9.17) is 0 Å². The number of likely N-dealkylation sites (N-methyl/N-ethyl adjacent to an activating group) is 1. The van der Waals surface area contributed by atoms with E-state index in [1.54, 1.807) is 0 Å². The number of rotatable bonds is 13. The number of aryl methyl sites for hydroxylation is 2. The van der Waals surface area contributed by atoms with E-state index in [0.717, 1.165) is 65.2 Å². The molecule has 0 aromatic heterocycles. The molecule has 0 atom stereocenters. The molecule has 4 aromatic rings. The van der Waals surface area contributed by atoms with Gasteiger partial charge >= 0.3 is 0 Å². The lowest BCUT2D eigenvalue weighted by Gasteiger charge is -2.22. The van der Waals surface area contributed by atoms with Gasteiger partial charge in [-0.3, -0.25) is 4.90 Å². The molecule has 0 fully saturated rings. The largest absolute Gasteiger partial charge is 0.372 e. The zero-order valence-corrected chi connectivity index (χ0v) is 28.5. The Morgan fingerprint density at radius 2 is 1.11 bits per heavy atom. The van der Waals surface area contributed by atoms with E-state index in [-0.39, 0.29) is 0 Å². The Labute approximate surface area is 271 Å². The summed E-state index contributed by atoms with van der Waals surface area (Å²) in [4.78, 5) is 7.35. The van der Waals surface area contributed by atoms with Crippen LogP contribution < -0.4 is 25.0 Å². The molecule has 0 spiro atoms. The Morgan fingerprint density at radius 3 is 1.64 bits per heavy atom. The van der Waals surface area contributed by atoms with Crippen molar-refractivity contribution in [2.24, 2.45) is 0 Å². The Hall–Kier alpha value is -3.89. The van der Waals surface area contributed by atoms with Gasteiger partial charge in [-0.2, -0.15) is 4.58 Å². The summed E-state index contributed by atoms with van der Waals surface area (Å²) in [7, 11) is 0. The van der Waals surface area contributed by atoms with Crippen molar-refractivity contribution in [2.45, 2.75) is 54.4 Å². The van der Waals surface area contributed by atoms with Gasteiger partial charge in [0, 0.05) is 60.8 Å². The van der Waals surface area contributed by atoms with Gasteiger partial charge in [0.2, 0.25) is 11.0 Å². The van der Waals surface area contributed by atoms with Gasteiger partial charge in [-0.25, -0.2) is 0 Å². The Bertz CT molecular complexity index is 1600. The molecular formula is C41H53N4+. The maximum absolute atomic E-state index is 2.58. The molecule has 4 nitrogen and oxygen atoms in total. The Kier molecular flexibility index (Phi) is 11.1. The molecule has 0 unspecified atom stereocenters. The second-order valence-corrected chi connectivity index (χ2v) is 12.0. The molecule has 1 aliphatic heterocycles. The van der Waals surface area contributed by atoms with Gasteiger partial charge in [0.1, 0.15) is 0 Å². The fourth-order valence-corrected chi connectivity index (χ4v) is 6.97. The van der Waals surface area contributed by atoms with E-state index in [9.17, 15) is 0 Å². The van der Waals surface area contributed by atoms with Crippen LogP contribution in [-0.4, -0.2) is 57.3 Å². The molecular weight excluding hydrogens is 548 g/mol. The maximum Gasteiger partial charge on any atom is 0.208 e. The highest BCUT2D eigenvalue weighted by molar-refractivity contribution is 5.81. The van der Waals surface area contributed by atoms with Gasteiger partial charge in [-0.1, -0.05) is 56.3 Å². The van der Waals surface area contributed by atoms with Crippen LogP contribution >= 0.6 is 0 Å². The van der Waals surface area contributed by atoms with Crippen molar-refractivity contribution in [2.75, 3.05) is 62.2 Å². The highest BCUT2D eigenvalue weighted by Gasteiger charge is 2.22. The number of hydrogen-bond acceptors (Lipinski definition) is 3. The number of benzene rings is 4. The van der Waals surface area contributed by atoms with Crippen LogP contribution in [0.3, 0.4) is 0 Å². The number of fused-ring (bicyclic) bond motifs is 2. The number of anilines is 2. The van der Waals surface area contributed by atoms with Crippen LogP contribution in [0.15, 0.2) is 91.0 Å². The van der Waals surface area contributed by atoms with Crippen LogP contribution in [0.4, 0.5) is 17.1 Å². The molecule has 1 heterocycles. The maximum atomic E-state index is 2.58. The zero-order chi connectivity index (χ0) is 31.8. The van der Waals surface area contributed by atoms with Crippen LogP contribution in [0.5, 0.6) is 0 Å². The minimum absolute atomic E-state index is 0.987. The van der Waals surface area contributed by atoms with Crippen LogP contribution in [0, 0.1) is 0 Å². The summed E-state index contributed by atoms with van der Waals surface area (Å²) in [6.07, 6.45) is 2.10. The van der Waals surface area contributed by atoms with Crippen molar-refractivity contribution in [1.82, 2.24) is 9.48 Å². The molecule has 0 amide bonds. The topological polar surface area (TPSA) is 12.7 Å². The lowest BCUT2D eigenvalue weighted by molar-refractivity contribution is 0.302. The van der Waals surface area contributed by atoms with Gasteiger partial charge in [-0.15, -0.1) is 0 Å². The van der Waals surface area contributed by atoms with Crippen molar-refractivity contribution in [3.63, 3.8) is 0 Å². The van der Waals surface area contributed by atoms with E-state index >= 15 is 0 Å². The SMILES string of the molecule is CCN(CC)CC[N+]1=c2ccc(=C(c3ccc(N(CC)CC)cc3)c3ccc(N(CC)CC)cc3)cc2CCc2ccccc21. The molecule has 0 saturated carbocycles. The fraction of sp³-hybridized carbons (Fsp3) is 0.390. The molecule has 4 aromatic carbocycles. The molecule has 4 heteroatoms. The normalized spacial score (nSPS) is 12.5. The van der Waals surface area contributed by atoms with Crippen LogP contribution in [0.25, 0.3) is 5.57 Å². The number of nitrogens with zero attached hydrogens (tertiary/aromatic N) is 4. The smallest absolute Gasteiger partial charge is 0.208 e. The summed E-state index contributed by atoms with van der Waals surface area (Å²) < 4.78 is 2.58. The molecule has 5 rings (SSSR count). The first-order chi connectivity index (χ1) is 22.0. The summed E-state index contributed by atoms with van der Waals surface area (Å²) in [5.74, 6) is 0.